The standard InChI is InChI=1S/C20H19F2NO7S2/c1-2-29-19(26)16-14(11-3-4-11)10-31-17(16)23-15(24)9-30-18(25)12-5-7-13(8-6-12)32(27,28)20(21)22/h5-8,10-11,20H,2-4,9H2,1H3,(H,23,24). The van der Waals surface area contributed by atoms with Gasteiger partial charge in [-0.15, -0.1) is 11.3 Å². The molecule has 0 saturated heterocycles. The molecule has 0 atom stereocenters. The third kappa shape index (κ3) is 5.30. The van der Waals surface area contributed by atoms with Gasteiger partial charge in [-0.3, -0.25) is 4.79 Å². The van der Waals surface area contributed by atoms with Gasteiger partial charge in [0.15, 0.2) is 6.61 Å². The molecule has 1 amide bonds. The summed E-state index contributed by atoms with van der Waals surface area (Å²) in [5, 5.41) is 4.63. The molecule has 172 valence electrons. The number of hydrogen-bond acceptors (Lipinski definition) is 8. The van der Waals surface area contributed by atoms with Crippen molar-refractivity contribution in [3.63, 3.8) is 0 Å². The average Bonchev–Trinajstić information content (AvgIpc) is 3.52. The lowest BCUT2D eigenvalue weighted by atomic mass is 10.1. The largest absolute Gasteiger partial charge is 0.462 e. The van der Waals surface area contributed by atoms with Crippen molar-refractivity contribution in [3.8, 4) is 0 Å². The normalized spacial score (nSPS) is 13.6. The van der Waals surface area contributed by atoms with Gasteiger partial charge in [0.1, 0.15) is 5.00 Å². The van der Waals surface area contributed by atoms with Gasteiger partial charge in [0.25, 0.3) is 5.91 Å². The Labute approximate surface area is 186 Å². The highest BCUT2D eigenvalue weighted by Gasteiger charge is 2.32. The van der Waals surface area contributed by atoms with Crippen LogP contribution in [0.5, 0.6) is 0 Å². The Hall–Kier alpha value is -2.86. The van der Waals surface area contributed by atoms with Crippen LogP contribution in [-0.4, -0.2) is 45.2 Å². The van der Waals surface area contributed by atoms with Crippen LogP contribution in [0.25, 0.3) is 0 Å². The van der Waals surface area contributed by atoms with Gasteiger partial charge < -0.3 is 14.8 Å². The summed E-state index contributed by atoms with van der Waals surface area (Å²) in [4.78, 5) is 36.0. The van der Waals surface area contributed by atoms with E-state index in [1.165, 1.54) is 11.3 Å². The van der Waals surface area contributed by atoms with Crippen molar-refractivity contribution < 1.29 is 41.1 Å². The number of esters is 2. The highest BCUT2D eigenvalue weighted by molar-refractivity contribution is 7.91. The zero-order chi connectivity index (χ0) is 23.5. The molecule has 0 unspecified atom stereocenters. The maximum absolute atomic E-state index is 12.6. The third-order valence-electron chi connectivity index (χ3n) is 4.56. The number of amides is 1. The molecule has 32 heavy (non-hydrogen) atoms. The summed E-state index contributed by atoms with van der Waals surface area (Å²) in [5.74, 6) is -5.50. The summed E-state index contributed by atoms with van der Waals surface area (Å²) in [6.07, 6.45) is 1.90. The van der Waals surface area contributed by atoms with Crippen LogP contribution >= 0.6 is 11.3 Å². The molecule has 0 spiro atoms. The first-order valence-corrected chi connectivity index (χ1v) is 11.9. The summed E-state index contributed by atoms with van der Waals surface area (Å²) < 4.78 is 57.9. The van der Waals surface area contributed by atoms with Crippen LogP contribution in [-0.2, 0) is 24.1 Å². The van der Waals surface area contributed by atoms with E-state index in [-0.39, 0.29) is 18.1 Å². The van der Waals surface area contributed by atoms with E-state index in [1.807, 2.05) is 0 Å². The molecule has 1 N–H and O–H groups in total. The molecule has 2 aromatic rings. The minimum Gasteiger partial charge on any atom is -0.462 e. The van der Waals surface area contributed by atoms with E-state index in [1.54, 1.807) is 12.3 Å². The number of sulfone groups is 1. The molecular weight excluding hydrogens is 468 g/mol. The Bertz CT molecular complexity index is 1120. The number of thiophene rings is 1. The van der Waals surface area contributed by atoms with E-state index in [0.29, 0.717) is 10.6 Å². The molecule has 1 fully saturated rings. The molecule has 8 nitrogen and oxygen atoms in total. The second-order valence-electron chi connectivity index (χ2n) is 6.84. The fourth-order valence-corrected chi connectivity index (χ4v) is 4.60. The number of ether oxygens (including phenoxy) is 2. The number of benzene rings is 1. The Morgan fingerprint density at radius 1 is 1.12 bits per heavy atom. The van der Waals surface area contributed by atoms with Crippen molar-refractivity contribution in [3.05, 3.63) is 46.3 Å². The summed E-state index contributed by atoms with van der Waals surface area (Å²) >= 11 is 1.17. The van der Waals surface area contributed by atoms with Gasteiger partial charge in [0.2, 0.25) is 9.84 Å². The number of anilines is 1. The molecule has 1 heterocycles. The van der Waals surface area contributed by atoms with Crippen LogP contribution in [0.4, 0.5) is 13.8 Å². The zero-order valence-electron chi connectivity index (χ0n) is 16.8. The third-order valence-corrected chi connectivity index (χ3v) is 6.87. The molecule has 3 rings (SSSR count). The Kier molecular flexibility index (Phi) is 7.24. The van der Waals surface area contributed by atoms with Crippen molar-refractivity contribution in [2.45, 2.75) is 36.3 Å². The van der Waals surface area contributed by atoms with Gasteiger partial charge in [-0.2, -0.15) is 8.78 Å². The van der Waals surface area contributed by atoms with Gasteiger partial charge in [-0.1, -0.05) is 0 Å². The predicted octanol–water partition coefficient (Wildman–Crippen LogP) is 3.59. The lowest BCUT2D eigenvalue weighted by Crippen LogP contribution is -2.22. The second kappa shape index (κ2) is 9.74. The van der Waals surface area contributed by atoms with E-state index >= 15 is 0 Å². The molecule has 0 bridgehead atoms. The van der Waals surface area contributed by atoms with Crippen molar-refractivity contribution in [1.29, 1.82) is 0 Å². The van der Waals surface area contributed by atoms with Crippen molar-refractivity contribution in [1.82, 2.24) is 0 Å². The van der Waals surface area contributed by atoms with Gasteiger partial charge in [-0.25, -0.2) is 18.0 Å². The highest BCUT2D eigenvalue weighted by Crippen LogP contribution is 2.46. The fraction of sp³-hybridized carbons (Fsp3) is 0.350. The van der Waals surface area contributed by atoms with Crippen LogP contribution in [0.2, 0.25) is 0 Å². The van der Waals surface area contributed by atoms with Crippen molar-refractivity contribution in [2.24, 2.45) is 0 Å². The lowest BCUT2D eigenvalue weighted by molar-refractivity contribution is -0.119. The number of rotatable bonds is 9. The number of halogens is 2. The van der Waals surface area contributed by atoms with Crippen LogP contribution in [0, 0.1) is 0 Å². The summed E-state index contributed by atoms with van der Waals surface area (Å²) in [7, 11) is -4.78. The molecule has 1 aromatic carbocycles. The summed E-state index contributed by atoms with van der Waals surface area (Å²) in [6, 6.07) is 3.73. The number of alkyl halides is 2. The van der Waals surface area contributed by atoms with Crippen LogP contribution in [0.15, 0.2) is 34.5 Å². The van der Waals surface area contributed by atoms with Crippen LogP contribution < -0.4 is 5.32 Å². The van der Waals surface area contributed by atoms with E-state index in [4.69, 9.17) is 9.47 Å². The smallest absolute Gasteiger partial charge is 0.341 e. The Morgan fingerprint density at radius 2 is 1.78 bits per heavy atom. The quantitative estimate of drug-likeness (QED) is 0.538. The number of carbonyl (C=O) groups excluding carboxylic acids is 3. The van der Waals surface area contributed by atoms with Crippen LogP contribution in [0.3, 0.4) is 0 Å². The molecule has 12 heteroatoms. The first-order chi connectivity index (χ1) is 15.1. The van der Waals surface area contributed by atoms with Crippen molar-refractivity contribution >= 4 is 44.0 Å². The first kappa shape index (κ1) is 23.8. The summed E-state index contributed by atoms with van der Waals surface area (Å²) in [6.45, 7) is 1.18. The monoisotopic (exact) mass is 487 g/mol. The SMILES string of the molecule is CCOC(=O)c1c(C2CC2)csc1NC(=O)COC(=O)c1ccc(S(=O)(=O)C(F)F)cc1. The van der Waals surface area contributed by atoms with Gasteiger partial charge in [-0.05, 0) is 60.9 Å². The number of hydrogen-bond donors (Lipinski definition) is 1. The molecule has 1 aliphatic carbocycles. The Morgan fingerprint density at radius 3 is 2.34 bits per heavy atom. The minimum atomic E-state index is -4.78. The molecule has 0 radical (unpaired) electrons. The van der Waals surface area contributed by atoms with Gasteiger partial charge in [0, 0.05) is 0 Å². The van der Waals surface area contributed by atoms with Crippen LogP contribution in [0.1, 0.15) is 52.0 Å². The first-order valence-electron chi connectivity index (χ1n) is 9.52. The van der Waals surface area contributed by atoms with Crippen molar-refractivity contribution in [2.75, 3.05) is 18.5 Å². The molecule has 1 aromatic heterocycles. The topological polar surface area (TPSA) is 116 Å². The van der Waals surface area contributed by atoms with E-state index in [2.05, 4.69) is 5.32 Å². The number of carbonyl (C=O) groups is 3. The fourth-order valence-electron chi connectivity index (χ4n) is 2.83. The molecule has 0 aliphatic heterocycles. The highest BCUT2D eigenvalue weighted by atomic mass is 32.2. The maximum atomic E-state index is 12.6. The average molecular weight is 488 g/mol. The minimum absolute atomic E-state index is 0.120. The van der Waals surface area contributed by atoms with Gasteiger partial charge in [0.05, 0.1) is 22.6 Å². The van der Waals surface area contributed by atoms with E-state index in [0.717, 1.165) is 42.7 Å². The molecule has 1 aliphatic rings. The molecule has 1 saturated carbocycles. The maximum Gasteiger partial charge on any atom is 0.341 e. The number of nitrogens with one attached hydrogen (secondary N) is 1. The predicted molar refractivity (Wildman–Crippen MR) is 111 cm³/mol. The molecular formula is C20H19F2NO7S2. The van der Waals surface area contributed by atoms with Gasteiger partial charge >= 0.3 is 17.7 Å². The Balaban J connectivity index is 1.62. The van der Waals surface area contributed by atoms with E-state index in [9.17, 15) is 31.6 Å². The lowest BCUT2D eigenvalue weighted by Gasteiger charge is -2.09. The zero-order valence-corrected chi connectivity index (χ0v) is 18.4. The van der Waals surface area contributed by atoms with E-state index < -0.39 is 44.9 Å². The summed E-state index contributed by atoms with van der Waals surface area (Å²) in [5.41, 5.74) is 1.000. The second-order valence-corrected chi connectivity index (χ2v) is 9.64.